The standard InChI is InChI=1S/C20H21N3O3S2/c1-13(11-27-16-6-4-3-5-7-16)19(25)23-20-22-17(12-28-20)18-9-8-15(26-18)10-21-14(2)24/h3-9,12-13H,10-11H2,1-2H3,(H,21,24)(H,22,23,25). The fraction of sp³-hybridized carbons (Fsp3) is 0.250. The molecule has 0 saturated carbocycles. The topological polar surface area (TPSA) is 84.2 Å². The largest absolute Gasteiger partial charge is 0.458 e. The zero-order valence-electron chi connectivity index (χ0n) is 15.6. The maximum Gasteiger partial charge on any atom is 0.229 e. The van der Waals surface area contributed by atoms with Gasteiger partial charge >= 0.3 is 0 Å². The third-order valence-corrected chi connectivity index (χ3v) is 5.88. The molecule has 0 saturated heterocycles. The van der Waals surface area contributed by atoms with Crippen LogP contribution < -0.4 is 10.6 Å². The van der Waals surface area contributed by atoms with E-state index in [9.17, 15) is 9.59 Å². The van der Waals surface area contributed by atoms with E-state index in [-0.39, 0.29) is 17.7 Å². The number of thiazole rings is 1. The predicted octanol–water partition coefficient (Wildman–Crippen LogP) is 4.41. The van der Waals surface area contributed by atoms with Gasteiger partial charge in [0.05, 0.1) is 6.54 Å². The van der Waals surface area contributed by atoms with Crippen LogP contribution in [0.3, 0.4) is 0 Å². The van der Waals surface area contributed by atoms with Crippen molar-refractivity contribution in [3.8, 4) is 11.5 Å². The molecule has 146 valence electrons. The van der Waals surface area contributed by atoms with E-state index in [0.29, 0.717) is 34.6 Å². The van der Waals surface area contributed by atoms with Crippen LogP contribution in [-0.4, -0.2) is 22.6 Å². The molecule has 0 aliphatic rings. The summed E-state index contributed by atoms with van der Waals surface area (Å²) >= 11 is 3.01. The fourth-order valence-electron chi connectivity index (χ4n) is 2.31. The number of aromatic nitrogens is 1. The molecule has 2 N–H and O–H groups in total. The predicted molar refractivity (Wildman–Crippen MR) is 112 cm³/mol. The van der Waals surface area contributed by atoms with Gasteiger partial charge in [-0.15, -0.1) is 23.1 Å². The number of hydrogen-bond acceptors (Lipinski definition) is 6. The van der Waals surface area contributed by atoms with Gasteiger partial charge in [-0.05, 0) is 24.3 Å². The van der Waals surface area contributed by atoms with Crippen LogP contribution in [0.5, 0.6) is 0 Å². The van der Waals surface area contributed by atoms with Crippen molar-refractivity contribution < 1.29 is 14.0 Å². The van der Waals surface area contributed by atoms with Gasteiger partial charge in [-0.3, -0.25) is 9.59 Å². The Kier molecular flexibility index (Phi) is 6.89. The lowest BCUT2D eigenvalue weighted by Gasteiger charge is -2.10. The molecule has 2 aromatic heterocycles. The van der Waals surface area contributed by atoms with Crippen LogP contribution in [0.2, 0.25) is 0 Å². The molecule has 0 fully saturated rings. The normalized spacial score (nSPS) is 11.8. The Morgan fingerprint density at radius 3 is 2.75 bits per heavy atom. The average molecular weight is 416 g/mol. The maximum atomic E-state index is 12.4. The van der Waals surface area contributed by atoms with Gasteiger partial charge in [0.25, 0.3) is 0 Å². The molecule has 0 aliphatic carbocycles. The Bertz CT molecular complexity index is 937. The van der Waals surface area contributed by atoms with Crippen molar-refractivity contribution in [1.82, 2.24) is 10.3 Å². The number of rotatable bonds is 8. The highest BCUT2D eigenvalue weighted by molar-refractivity contribution is 7.99. The van der Waals surface area contributed by atoms with Crippen LogP contribution in [0.25, 0.3) is 11.5 Å². The Hall–Kier alpha value is -2.58. The number of carbonyl (C=O) groups excluding carboxylic acids is 2. The van der Waals surface area contributed by atoms with Gasteiger partial charge in [-0.2, -0.15) is 0 Å². The minimum atomic E-state index is -0.148. The summed E-state index contributed by atoms with van der Waals surface area (Å²) in [6.07, 6.45) is 0. The smallest absolute Gasteiger partial charge is 0.229 e. The molecule has 0 radical (unpaired) electrons. The number of benzene rings is 1. The molecule has 0 spiro atoms. The summed E-state index contributed by atoms with van der Waals surface area (Å²) in [5, 5.41) is 7.93. The zero-order valence-corrected chi connectivity index (χ0v) is 17.2. The van der Waals surface area contributed by atoms with Crippen molar-refractivity contribution in [3.63, 3.8) is 0 Å². The molecule has 3 rings (SSSR count). The first-order chi connectivity index (χ1) is 13.5. The summed E-state index contributed by atoms with van der Waals surface area (Å²) in [5.74, 6) is 1.62. The first kappa shape index (κ1) is 20.2. The van der Waals surface area contributed by atoms with Crippen LogP contribution >= 0.6 is 23.1 Å². The van der Waals surface area contributed by atoms with E-state index in [2.05, 4.69) is 15.6 Å². The van der Waals surface area contributed by atoms with E-state index in [1.54, 1.807) is 23.9 Å². The van der Waals surface area contributed by atoms with Gasteiger partial charge in [0, 0.05) is 28.9 Å². The third kappa shape index (κ3) is 5.71. The molecule has 1 aromatic carbocycles. The molecule has 3 aromatic rings. The fourth-order valence-corrected chi connectivity index (χ4v) is 3.95. The van der Waals surface area contributed by atoms with Crippen molar-refractivity contribution >= 4 is 40.0 Å². The van der Waals surface area contributed by atoms with Crippen LogP contribution in [-0.2, 0) is 16.1 Å². The summed E-state index contributed by atoms with van der Waals surface area (Å²) in [4.78, 5) is 29.0. The highest BCUT2D eigenvalue weighted by atomic mass is 32.2. The van der Waals surface area contributed by atoms with Gasteiger partial charge in [0.2, 0.25) is 11.8 Å². The van der Waals surface area contributed by atoms with Gasteiger partial charge in [-0.1, -0.05) is 25.1 Å². The summed E-state index contributed by atoms with van der Waals surface area (Å²) in [7, 11) is 0. The van der Waals surface area contributed by atoms with Gasteiger partial charge in [0.15, 0.2) is 10.9 Å². The Morgan fingerprint density at radius 2 is 2.00 bits per heavy atom. The number of nitrogens with one attached hydrogen (secondary N) is 2. The Labute approximate surface area is 171 Å². The van der Waals surface area contributed by atoms with Crippen LogP contribution in [0, 0.1) is 5.92 Å². The second kappa shape index (κ2) is 9.57. The molecule has 2 heterocycles. The molecule has 0 aliphatic heterocycles. The van der Waals surface area contributed by atoms with Crippen molar-refractivity contribution in [2.45, 2.75) is 25.3 Å². The van der Waals surface area contributed by atoms with E-state index in [1.807, 2.05) is 42.6 Å². The summed E-state index contributed by atoms with van der Waals surface area (Å²) in [5.41, 5.74) is 0.653. The Morgan fingerprint density at radius 1 is 1.21 bits per heavy atom. The number of nitrogens with zero attached hydrogens (tertiary/aromatic N) is 1. The molecule has 0 bridgehead atoms. The molecular weight excluding hydrogens is 394 g/mol. The molecule has 1 unspecified atom stereocenters. The molecule has 2 amide bonds. The zero-order chi connectivity index (χ0) is 19.9. The lowest BCUT2D eigenvalue weighted by molar-refractivity contribution is -0.119. The molecule has 1 atom stereocenters. The van der Waals surface area contributed by atoms with E-state index in [1.165, 1.54) is 18.3 Å². The average Bonchev–Trinajstić information content (AvgIpc) is 3.34. The number of thioether (sulfide) groups is 1. The van der Waals surface area contributed by atoms with Crippen LogP contribution in [0.4, 0.5) is 5.13 Å². The number of carbonyl (C=O) groups is 2. The van der Waals surface area contributed by atoms with Gasteiger partial charge in [0.1, 0.15) is 11.5 Å². The lowest BCUT2D eigenvalue weighted by Crippen LogP contribution is -2.22. The minimum absolute atomic E-state index is 0.0601. The van der Waals surface area contributed by atoms with Crippen molar-refractivity contribution in [2.75, 3.05) is 11.1 Å². The highest BCUT2D eigenvalue weighted by Crippen LogP contribution is 2.27. The summed E-state index contributed by atoms with van der Waals surface area (Å²) in [6, 6.07) is 13.6. The van der Waals surface area contributed by atoms with Gasteiger partial charge in [-0.25, -0.2) is 4.98 Å². The minimum Gasteiger partial charge on any atom is -0.458 e. The number of amides is 2. The monoisotopic (exact) mass is 415 g/mol. The van der Waals surface area contributed by atoms with Crippen molar-refractivity contribution in [1.29, 1.82) is 0 Å². The van der Waals surface area contributed by atoms with E-state index >= 15 is 0 Å². The maximum absolute atomic E-state index is 12.4. The highest BCUT2D eigenvalue weighted by Gasteiger charge is 2.16. The van der Waals surface area contributed by atoms with Crippen LogP contribution in [0.1, 0.15) is 19.6 Å². The second-order valence-corrected chi connectivity index (χ2v) is 8.18. The number of furan rings is 1. The first-order valence-electron chi connectivity index (χ1n) is 8.79. The molecule has 28 heavy (non-hydrogen) atoms. The van der Waals surface area contributed by atoms with E-state index in [0.717, 1.165) is 4.90 Å². The van der Waals surface area contributed by atoms with Gasteiger partial charge < -0.3 is 15.1 Å². The quantitative estimate of drug-likeness (QED) is 0.533. The third-order valence-electron chi connectivity index (χ3n) is 3.85. The first-order valence-corrected chi connectivity index (χ1v) is 10.7. The number of hydrogen-bond donors (Lipinski definition) is 2. The van der Waals surface area contributed by atoms with Crippen LogP contribution in [0.15, 0.2) is 57.2 Å². The lowest BCUT2D eigenvalue weighted by atomic mass is 10.2. The summed E-state index contributed by atoms with van der Waals surface area (Å²) in [6.45, 7) is 3.69. The number of anilines is 1. The summed E-state index contributed by atoms with van der Waals surface area (Å²) < 4.78 is 5.69. The van der Waals surface area contributed by atoms with Crippen molar-refractivity contribution in [2.24, 2.45) is 5.92 Å². The Balaban J connectivity index is 1.53. The molecule has 6 nitrogen and oxygen atoms in total. The molecular formula is C20H21N3O3S2. The molecule has 8 heteroatoms. The second-order valence-electron chi connectivity index (χ2n) is 6.23. The van der Waals surface area contributed by atoms with E-state index in [4.69, 9.17) is 4.42 Å². The van der Waals surface area contributed by atoms with Crippen molar-refractivity contribution in [3.05, 3.63) is 53.6 Å². The van der Waals surface area contributed by atoms with E-state index < -0.39 is 0 Å². The SMILES string of the molecule is CC(=O)NCc1ccc(-c2csc(NC(=O)C(C)CSc3ccccc3)n2)o1.